The van der Waals surface area contributed by atoms with Crippen LogP contribution in [0.25, 0.3) is 10.8 Å². The molecule has 24 heavy (non-hydrogen) atoms. The third-order valence-electron chi connectivity index (χ3n) is 4.52. The van der Waals surface area contributed by atoms with E-state index in [-0.39, 0.29) is 17.8 Å². The van der Waals surface area contributed by atoms with E-state index in [1.807, 2.05) is 24.3 Å². The van der Waals surface area contributed by atoms with Crippen LogP contribution in [0.4, 0.5) is 4.39 Å². The van der Waals surface area contributed by atoms with Crippen LogP contribution in [0.3, 0.4) is 0 Å². The molecule has 1 unspecified atom stereocenters. The monoisotopic (exact) mass is 320 g/mol. The summed E-state index contributed by atoms with van der Waals surface area (Å²) in [7, 11) is 0. The highest BCUT2D eigenvalue weighted by molar-refractivity contribution is 6.06. The standard InChI is InChI=1S/C20H17FN2O/c21-16-9-7-14(8-10-16)19(13-5-6-13)23-20(24)18-12-22-11-15-3-1-2-4-17(15)18/h1-4,7-13,19H,5-6H2,(H,23,24). The Hall–Kier alpha value is -2.75. The largest absolute Gasteiger partial charge is 0.345 e. The number of amides is 1. The average molecular weight is 320 g/mol. The number of nitrogens with zero attached hydrogens (tertiary/aromatic N) is 1. The number of carbonyl (C=O) groups excluding carboxylic acids is 1. The van der Waals surface area contributed by atoms with Gasteiger partial charge in [-0.05, 0) is 41.8 Å². The zero-order valence-electron chi connectivity index (χ0n) is 13.1. The van der Waals surface area contributed by atoms with E-state index in [0.717, 1.165) is 29.2 Å². The topological polar surface area (TPSA) is 42.0 Å². The van der Waals surface area contributed by atoms with Crippen molar-refractivity contribution in [3.8, 4) is 0 Å². The summed E-state index contributed by atoms with van der Waals surface area (Å²) in [6.07, 6.45) is 5.52. The molecule has 3 nitrogen and oxygen atoms in total. The second-order valence-electron chi connectivity index (χ2n) is 6.25. The predicted molar refractivity (Wildman–Crippen MR) is 91.1 cm³/mol. The Labute approximate surface area is 139 Å². The van der Waals surface area contributed by atoms with Crippen LogP contribution in [-0.4, -0.2) is 10.9 Å². The number of carbonyl (C=O) groups is 1. The quantitative estimate of drug-likeness (QED) is 0.780. The van der Waals surface area contributed by atoms with E-state index >= 15 is 0 Å². The molecule has 0 saturated heterocycles. The van der Waals surface area contributed by atoms with Gasteiger partial charge in [-0.25, -0.2) is 4.39 Å². The van der Waals surface area contributed by atoms with Gasteiger partial charge in [0.2, 0.25) is 0 Å². The molecule has 1 aliphatic carbocycles. The fraction of sp³-hybridized carbons (Fsp3) is 0.200. The van der Waals surface area contributed by atoms with Gasteiger partial charge in [-0.15, -0.1) is 0 Å². The number of hydrogen-bond acceptors (Lipinski definition) is 2. The average Bonchev–Trinajstić information content (AvgIpc) is 3.45. The van der Waals surface area contributed by atoms with Crippen molar-refractivity contribution in [3.63, 3.8) is 0 Å². The molecular weight excluding hydrogens is 303 g/mol. The lowest BCUT2D eigenvalue weighted by atomic mass is 10.0. The van der Waals surface area contributed by atoms with Gasteiger partial charge in [0.05, 0.1) is 11.6 Å². The number of aromatic nitrogens is 1. The van der Waals surface area contributed by atoms with Crippen molar-refractivity contribution >= 4 is 16.7 Å². The minimum absolute atomic E-state index is 0.0860. The fourth-order valence-electron chi connectivity index (χ4n) is 3.09. The Bertz CT molecular complexity index is 882. The lowest BCUT2D eigenvalue weighted by Gasteiger charge is -2.19. The molecule has 1 aliphatic rings. The molecule has 1 heterocycles. The van der Waals surface area contributed by atoms with Crippen LogP contribution in [0.15, 0.2) is 60.9 Å². The van der Waals surface area contributed by atoms with E-state index in [9.17, 15) is 9.18 Å². The molecule has 4 heteroatoms. The van der Waals surface area contributed by atoms with Gasteiger partial charge in [0.25, 0.3) is 5.91 Å². The summed E-state index contributed by atoms with van der Waals surface area (Å²) < 4.78 is 13.2. The Morgan fingerprint density at radius 3 is 2.58 bits per heavy atom. The van der Waals surface area contributed by atoms with Crippen molar-refractivity contribution in [1.82, 2.24) is 10.3 Å². The van der Waals surface area contributed by atoms with Crippen LogP contribution in [-0.2, 0) is 0 Å². The lowest BCUT2D eigenvalue weighted by Crippen LogP contribution is -2.30. The Kier molecular flexibility index (Phi) is 3.73. The van der Waals surface area contributed by atoms with Crippen molar-refractivity contribution in [2.45, 2.75) is 18.9 Å². The minimum atomic E-state index is -0.266. The van der Waals surface area contributed by atoms with Crippen molar-refractivity contribution in [2.24, 2.45) is 5.92 Å². The maximum Gasteiger partial charge on any atom is 0.253 e. The summed E-state index contributed by atoms with van der Waals surface area (Å²) in [5, 5.41) is 4.95. The van der Waals surface area contributed by atoms with Crippen molar-refractivity contribution in [1.29, 1.82) is 0 Å². The highest BCUT2D eigenvalue weighted by atomic mass is 19.1. The number of hydrogen-bond donors (Lipinski definition) is 1. The van der Waals surface area contributed by atoms with Gasteiger partial charge in [0.15, 0.2) is 0 Å². The van der Waals surface area contributed by atoms with E-state index in [4.69, 9.17) is 0 Å². The second-order valence-corrected chi connectivity index (χ2v) is 6.25. The van der Waals surface area contributed by atoms with E-state index < -0.39 is 0 Å². The van der Waals surface area contributed by atoms with Crippen molar-refractivity contribution < 1.29 is 9.18 Å². The molecule has 1 aromatic heterocycles. The third-order valence-corrected chi connectivity index (χ3v) is 4.52. The zero-order valence-corrected chi connectivity index (χ0v) is 13.1. The van der Waals surface area contributed by atoms with Gasteiger partial charge in [-0.2, -0.15) is 0 Å². The fourth-order valence-corrected chi connectivity index (χ4v) is 3.09. The highest BCUT2D eigenvalue weighted by Gasteiger charge is 2.33. The molecular formula is C20H17FN2O. The van der Waals surface area contributed by atoms with Gasteiger partial charge >= 0.3 is 0 Å². The van der Waals surface area contributed by atoms with Gasteiger partial charge in [-0.1, -0.05) is 36.4 Å². The van der Waals surface area contributed by atoms with Crippen LogP contribution in [0.2, 0.25) is 0 Å². The molecule has 0 spiro atoms. The summed E-state index contributed by atoms with van der Waals surface area (Å²) in [4.78, 5) is 17.0. The maximum absolute atomic E-state index is 13.2. The first kappa shape index (κ1) is 14.8. The second kappa shape index (κ2) is 6.04. The molecule has 1 atom stereocenters. The molecule has 3 aromatic rings. The molecule has 1 amide bonds. The number of fused-ring (bicyclic) bond motifs is 1. The number of pyridine rings is 1. The van der Waals surface area contributed by atoms with Crippen LogP contribution >= 0.6 is 0 Å². The van der Waals surface area contributed by atoms with E-state index in [1.165, 1.54) is 12.1 Å². The van der Waals surface area contributed by atoms with Crippen LogP contribution < -0.4 is 5.32 Å². The van der Waals surface area contributed by atoms with Crippen LogP contribution in [0.5, 0.6) is 0 Å². The summed E-state index contributed by atoms with van der Waals surface area (Å²) >= 11 is 0. The summed E-state index contributed by atoms with van der Waals surface area (Å²) in [6, 6.07) is 14.0. The number of halogens is 1. The molecule has 120 valence electrons. The van der Waals surface area contributed by atoms with Gasteiger partial charge < -0.3 is 5.32 Å². The van der Waals surface area contributed by atoms with Gasteiger partial charge in [-0.3, -0.25) is 9.78 Å². The Morgan fingerprint density at radius 1 is 1.08 bits per heavy atom. The molecule has 2 aromatic carbocycles. The Morgan fingerprint density at radius 2 is 1.83 bits per heavy atom. The first-order valence-electron chi connectivity index (χ1n) is 8.11. The Balaban J connectivity index is 1.64. The number of benzene rings is 2. The van der Waals surface area contributed by atoms with Crippen LogP contribution in [0.1, 0.15) is 34.8 Å². The summed E-state index contributed by atoms with van der Waals surface area (Å²) in [6.45, 7) is 0. The molecule has 0 bridgehead atoms. The van der Waals surface area contributed by atoms with Crippen molar-refractivity contribution in [3.05, 3.63) is 77.9 Å². The predicted octanol–water partition coefficient (Wildman–Crippen LogP) is 4.26. The van der Waals surface area contributed by atoms with Gasteiger partial charge in [0, 0.05) is 17.8 Å². The van der Waals surface area contributed by atoms with E-state index in [2.05, 4.69) is 10.3 Å². The molecule has 4 rings (SSSR count). The third kappa shape index (κ3) is 2.87. The molecule has 1 fully saturated rings. The molecule has 0 radical (unpaired) electrons. The maximum atomic E-state index is 13.2. The zero-order chi connectivity index (χ0) is 16.5. The summed E-state index contributed by atoms with van der Waals surface area (Å²) in [5.74, 6) is 0.0146. The number of nitrogens with one attached hydrogen (secondary N) is 1. The normalized spacial score (nSPS) is 15.2. The molecule has 0 aliphatic heterocycles. The smallest absolute Gasteiger partial charge is 0.253 e. The lowest BCUT2D eigenvalue weighted by molar-refractivity contribution is 0.0933. The molecule has 1 saturated carbocycles. The highest BCUT2D eigenvalue weighted by Crippen LogP contribution is 2.41. The first-order chi connectivity index (χ1) is 11.7. The van der Waals surface area contributed by atoms with E-state index in [1.54, 1.807) is 24.5 Å². The SMILES string of the molecule is O=C(NC(c1ccc(F)cc1)C1CC1)c1cncc2ccccc12. The summed E-state index contributed by atoms with van der Waals surface area (Å²) in [5.41, 5.74) is 1.52. The van der Waals surface area contributed by atoms with E-state index in [0.29, 0.717) is 11.5 Å². The molecule has 1 N–H and O–H groups in total. The van der Waals surface area contributed by atoms with Crippen molar-refractivity contribution in [2.75, 3.05) is 0 Å². The van der Waals surface area contributed by atoms with Gasteiger partial charge in [0.1, 0.15) is 5.82 Å². The van der Waals surface area contributed by atoms with Crippen LogP contribution in [0, 0.1) is 11.7 Å². The minimum Gasteiger partial charge on any atom is -0.345 e. The number of rotatable bonds is 4. The first-order valence-corrected chi connectivity index (χ1v) is 8.11.